The van der Waals surface area contributed by atoms with Crippen LogP contribution >= 0.6 is 0 Å². The highest BCUT2D eigenvalue weighted by Crippen LogP contribution is 2.35. The lowest BCUT2D eigenvalue weighted by Gasteiger charge is -2.38. The van der Waals surface area contributed by atoms with Gasteiger partial charge in [0.05, 0.1) is 11.0 Å². The minimum Gasteiger partial charge on any atom is -0.476 e. The molecule has 3 atom stereocenters. The number of fused-ring (bicyclic) bond motifs is 1. The topological polar surface area (TPSA) is 75.4 Å². The number of para-hydroxylation sites is 2. The van der Waals surface area contributed by atoms with Crippen LogP contribution in [-0.2, 0) is 0 Å². The molecule has 1 aliphatic carbocycles. The Hall–Kier alpha value is -2.21. The fraction of sp³-hybridized carbons (Fsp3) is 0.679. The van der Waals surface area contributed by atoms with Crippen molar-refractivity contribution < 1.29 is 9.90 Å². The Morgan fingerprint density at radius 2 is 1.62 bits per heavy atom. The summed E-state index contributed by atoms with van der Waals surface area (Å²) in [5, 5.41) is 9.59. The Balaban J connectivity index is 1.59. The molecule has 186 valence electrons. The van der Waals surface area contributed by atoms with E-state index in [2.05, 4.69) is 23.7 Å². The van der Waals surface area contributed by atoms with E-state index in [1.165, 1.54) is 70.6 Å². The number of carbonyl (C=O) groups is 1. The van der Waals surface area contributed by atoms with E-state index in [1.807, 2.05) is 18.2 Å². The first-order valence-electron chi connectivity index (χ1n) is 13.5. The molecule has 0 bridgehead atoms. The van der Waals surface area contributed by atoms with Crippen LogP contribution in [0.2, 0.25) is 0 Å². The van der Waals surface area contributed by atoms with Gasteiger partial charge in [0.25, 0.3) is 5.56 Å². The molecular formula is C28H41N3O3. The third-order valence-electron chi connectivity index (χ3n) is 8.15. The zero-order valence-corrected chi connectivity index (χ0v) is 20.9. The maximum atomic E-state index is 13.2. The number of rotatable bonds is 5. The highest BCUT2D eigenvalue weighted by atomic mass is 16.4. The van der Waals surface area contributed by atoms with E-state index in [0.717, 1.165) is 18.4 Å². The van der Waals surface area contributed by atoms with Crippen LogP contribution < -0.4 is 5.56 Å². The number of aromatic nitrogens is 2. The van der Waals surface area contributed by atoms with Crippen LogP contribution in [0.1, 0.15) is 114 Å². The summed E-state index contributed by atoms with van der Waals surface area (Å²) in [7, 11) is 0. The normalized spacial score (nSPS) is 24.6. The van der Waals surface area contributed by atoms with Crippen molar-refractivity contribution in [1.29, 1.82) is 0 Å². The number of carboxylic acids is 1. The maximum absolute atomic E-state index is 13.2. The molecule has 2 fully saturated rings. The molecule has 1 aromatic carbocycles. The van der Waals surface area contributed by atoms with Gasteiger partial charge in [-0.1, -0.05) is 63.5 Å². The maximum Gasteiger partial charge on any atom is 0.360 e. The summed E-state index contributed by atoms with van der Waals surface area (Å²) >= 11 is 0. The van der Waals surface area contributed by atoms with Gasteiger partial charge in [-0.2, -0.15) is 0 Å². The van der Waals surface area contributed by atoms with Gasteiger partial charge in [0.1, 0.15) is 0 Å². The fourth-order valence-corrected chi connectivity index (χ4v) is 6.48. The van der Waals surface area contributed by atoms with Crippen molar-refractivity contribution in [2.24, 2.45) is 0 Å². The Morgan fingerprint density at radius 3 is 2.26 bits per heavy atom. The van der Waals surface area contributed by atoms with E-state index in [-0.39, 0.29) is 11.7 Å². The predicted octanol–water partition coefficient (Wildman–Crippen LogP) is 6.18. The zero-order valence-electron chi connectivity index (χ0n) is 20.9. The molecule has 34 heavy (non-hydrogen) atoms. The summed E-state index contributed by atoms with van der Waals surface area (Å²) in [5.41, 5.74) is 0.403. The van der Waals surface area contributed by atoms with Crippen LogP contribution in [0.3, 0.4) is 0 Å². The molecule has 6 heteroatoms. The van der Waals surface area contributed by atoms with Crippen LogP contribution in [-0.4, -0.2) is 43.7 Å². The Morgan fingerprint density at radius 1 is 1.00 bits per heavy atom. The molecule has 2 heterocycles. The SMILES string of the molecule is C[C@H]1CC[C@@H](C[C@H](C)n2c(=O)c(C(=O)O)nc3ccccc32)N1C1CCCCCCCCCC1. The molecule has 1 saturated carbocycles. The third kappa shape index (κ3) is 5.54. The summed E-state index contributed by atoms with van der Waals surface area (Å²) in [6, 6.07) is 8.90. The second kappa shape index (κ2) is 11.5. The lowest BCUT2D eigenvalue weighted by Crippen LogP contribution is -2.44. The van der Waals surface area contributed by atoms with E-state index < -0.39 is 11.5 Å². The fourth-order valence-electron chi connectivity index (χ4n) is 6.48. The molecular weight excluding hydrogens is 426 g/mol. The highest BCUT2D eigenvalue weighted by Gasteiger charge is 2.36. The number of nitrogens with zero attached hydrogens (tertiary/aromatic N) is 3. The van der Waals surface area contributed by atoms with Gasteiger partial charge in [-0.25, -0.2) is 9.78 Å². The van der Waals surface area contributed by atoms with E-state index in [9.17, 15) is 14.7 Å². The van der Waals surface area contributed by atoms with Crippen LogP contribution in [0.15, 0.2) is 29.1 Å². The molecule has 0 unspecified atom stereocenters. The van der Waals surface area contributed by atoms with Crippen molar-refractivity contribution in [3.8, 4) is 0 Å². The summed E-state index contributed by atoms with van der Waals surface area (Å²) in [5.74, 6) is -1.26. The van der Waals surface area contributed by atoms with E-state index in [1.54, 1.807) is 10.6 Å². The molecule has 0 spiro atoms. The van der Waals surface area contributed by atoms with Gasteiger partial charge in [0, 0.05) is 24.2 Å². The van der Waals surface area contributed by atoms with Gasteiger partial charge >= 0.3 is 5.97 Å². The molecule has 1 aromatic heterocycles. The van der Waals surface area contributed by atoms with Crippen molar-refractivity contribution in [2.75, 3.05) is 0 Å². The zero-order chi connectivity index (χ0) is 24.1. The Bertz CT molecular complexity index is 1020. The van der Waals surface area contributed by atoms with Crippen molar-refractivity contribution >= 4 is 17.0 Å². The quantitative estimate of drug-likeness (QED) is 0.568. The Labute approximate surface area is 203 Å². The number of hydrogen-bond donors (Lipinski definition) is 1. The van der Waals surface area contributed by atoms with Crippen LogP contribution in [0.4, 0.5) is 0 Å². The second-order valence-electron chi connectivity index (χ2n) is 10.6. The van der Waals surface area contributed by atoms with Gasteiger partial charge in [-0.05, 0) is 58.1 Å². The number of carboxylic acid groups (broad SMARTS) is 1. The number of aromatic carboxylic acids is 1. The van der Waals surface area contributed by atoms with E-state index in [0.29, 0.717) is 23.6 Å². The van der Waals surface area contributed by atoms with Gasteiger partial charge in [0.15, 0.2) is 0 Å². The molecule has 2 aromatic rings. The molecule has 1 aliphatic heterocycles. The number of likely N-dealkylation sites (tertiary alicyclic amines) is 1. The van der Waals surface area contributed by atoms with Crippen LogP contribution in [0.5, 0.6) is 0 Å². The molecule has 4 rings (SSSR count). The van der Waals surface area contributed by atoms with Crippen LogP contribution in [0, 0.1) is 0 Å². The largest absolute Gasteiger partial charge is 0.476 e. The first-order chi connectivity index (χ1) is 16.5. The van der Waals surface area contributed by atoms with Gasteiger partial charge in [-0.15, -0.1) is 0 Å². The molecule has 0 radical (unpaired) electrons. The van der Waals surface area contributed by atoms with Crippen molar-refractivity contribution in [2.45, 2.75) is 121 Å². The van der Waals surface area contributed by atoms with Crippen LogP contribution in [0.25, 0.3) is 11.0 Å². The number of benzene rings is 1. The predicted molar refractivity (Wildman–Crippen MR) is 137 cm³/mol. The summed E-state index contributed by atoms with van der Waals surface area (Å²) in [6.45, 7) is 4.43. The second-order valence-corrected chi connectivity index (χ2v) is 10.6. The van der Waals surface area contributed by atoms with Crippen molar-refractivity contribution in [3.63, 3.8) is 0 Å². The first-order valence-corrected chi connectivity index (χ1v) is 13.5. The van der Waals surface area contributed by atoms with Gasteiger partial charge in [0.2, 0.25) is 5.69 Å². The summed E-state index contributed by atoms with van der Waals surface area (Å²) in [6.07, 6.45) is 16.6. The van der Waals surface area contributed by atoms with Crippen molar-refractivity contribution in [3.05, 3.63) is 40.3 Å². The monoisotopic (exact) mass is 467 g/mol. The smallest absolute Gasteiger partial charge is 0.360 e. The minimum atomic E-state index is -1.26. The third-order valence-corrected chi connectivity index (χ3v) is 8.15. The lowest BCUT2D eigenvalue weighted by atomic mass is 9.97. The average Bonchev–Trinajstić information content (AvgIpc) is 3.14. The molecule has 1 N–H and O–H groups in total. The van der Waals surface area contributed by atoms with Crippen molar-refractivity contribution in [1.82, 2.24) is 14.5 Å². The van der Waals surface area contributed by atoms with Gasteiger partial charge < -0.3 is 9.67 Å². The molecule has 2 aliphatic rings. The van der Waals surface area contributed by atoms with E-state index >= 15 is 0 Å². The molecule has 0 amide bonds. The first kappa shape index (κ1) is 24.9. The number of hydrogen-bond acceptors (Lipinski definition) is 4. The summed E-state index contributed by atoms with van der Waals surface area (Å²) < 4.78 is 1.68. The summed E-state index contributed by atoms with van der Waals surface area (Å²) in [4.78, 5) is 31.8. The van der Waals surface area contributed by atoms with Gasteiger partial charge in [-0.3, -0.25) is 9.69 Å². The highest BCUT2D eigenvalue weighted by molar-refractivity contribution is 5.88. The molecule has 1 saturated heterocycles. The van der Waals surface area contributed by atoms with E-state index in [4.69, 9.17) is 0 Å². The minimum absolute atomic E-state index is 0.0981. The average molecular weight is 468 g/mol. The lowest BCUT2D eigenvalue weighted by molar-refractivity contribution is 0.0687. The Kier molecular flexibility index (Phi) is 8.41. The molecule has 6 nitrogen and oxygen atoms in total. The standard InChI is InChI=1S/C28H41N3O3/c1-20-17-18-23(30(20)22-13-9-7-5-3-4-6-8-10-14-22)19-21(2)31-25-16-12-11-15-24(25)29-26(27(31)32)28(33)34/h11-12,15-16,20-23H,3-10,13-14,17-19H2,1-2H3,(H,33,34)/t20-,21-,23-/m0/s1.